The smallest absolute Gasteiger partial charge is 0.311 e. The zero-order valence-electron chi connectivity index (χ0n) is 10.8. The molecule has 6 heteroatoms. The Hall–Kier alpha value is -1.14. The minimum atomic E-state index is -0.873. The summed E-state index contributed by atoms with van der Waals surface area (Å²) in [5.41, 5.74) is 4.37. The number of hydrogen-bond donors (Lipinski definition) is 3. The highest BCUT2D eigenvalue weighted by molar-refractivity contribution is 5.80. The van der Waals surface area contributed by atoms with Crippen molar-refractivity contribution in [2.75, 3.05) is 19.8 Å². The predicted octanol–water partition coefficient (Wildman–Crippen LogP) is 0.111. The number of aliphatic carboxylic acids is 1. The first kappa shape index (κ1) is 14.9. The van der Waals surface area contributed by atoms with Crippen LogP contribution in [0, 0.1) is 5.41 Å². The van der Waals surface area contributed by atoms with Gasteiger partial charge in [-0.1, -0.05) is 12.8 Å². The quantitative estimate of drug-likeness (QED) is 0.587. The van der Waals surface area contributed by atoms with Crippen molar-refractivity contribution in [3.8, 4) is 0 Å². The Morgan fingerprint density at radius 1 is 1.50 bits per heavy atom. The number of carbonyl (C=O) groups excluding carboxylic acids is 1. The standard InChI is InChI=1S/C12H22N2O4/c1-12(11(16)17)5-3-2-4-9(12)14-10(15)8-18-7-6-13/h9H,2-8,13H2,1H3,(H,14,15)(H,16,17). The van der Waals surface area contributed by atoms with E-state index in [1.165, 1.54) is 0 Å². The Labute approximate surface area is 107 Å². The molecule has 2 atom stereocenters. The van der Waals surface area contributed by atoms with Crippen molar-refractivity contribution in [2.45, 2.75) is 38.6 Å². The minimum absolute atomic E-state index is 0.0661. The number of carboxylic acid groups (broad SMARTS) is 1. The van der Waals surface area contributed by atoms with E-state index in [2.05, 4.69) is 5.32 Å². The number of carboxylic acids is 1. The highest BCUT2D eigenvalue weighted by Gasteiger charge is 2.43. The Bertz CT molecular complexity index is 308. The first-order chi connectivity index (χ1) is 8.50. The van der Waals surface area contributed by atoms with Gasteiger partial charge in [0.1, 0.15) is 6.61 Å². The van der Waals surface area contributed by atoms with Crippen LogP contribution < -0.4 is 11.1 Å². The van der Waals surface area contributed by atoms with Crippen LogP contribution in [0.2, 0.25) is 0 Å². The van der Waals surface area contributed by atoms with Crippen molar-refractivity contribution < 1.29 is 19.4 Å². The third-order valence-corrected chi connectivity index (χ3v) is 3.53. The molecule has 1 amide bonds. The van der Waals surface area contributed by atoms with Gasteiger partial charge in [-0.15, -0.1) is 0 Å². The summed E-state index contributed by atoms with van der Waals surface area (Å²) in [6.45, 7) is 2.32. The molecule has 0 aromatic heterocycles. The zero-order chi connectivity index (χ0) is 13.6. The predicted molar refractivity (Wildman–Crippen MR) is 66.0 cm³/mol. The average Bonchev–Trinajstić information content (AvgIpc) is 2.32. The van der Waals surface area contributed by atoms with E-state index in [0.29, 0.717) is 26.0 Å². The van der Waals surface area contributed by atoms with E-state index < -0.39 is 11.4 Å². The number of carbonyl (C=O) groups is 2. The van der Waals surface area contributed by atoms with Crippen molar-refractivity contribution in [1.82, 2.24) is 5.32 Å². The molecule has 0 bridgehead atoms. The molecule has 1 fully saturated rings. The van der Waals surface area contributed by atoms with Crippen LogP contribution in [0.3, 0.4) is 0 Å². The summed E-state index contributed by atoms with van der Waals surface area (Å²) >= 11 is 0. The molecular weight excluding hydrogens is 236 g/mol. The Kier molecular flexibility index (Phi) is 5.55. The molecule has 0 aromatic carbocycles. The molecule has 1 saturated carbocycles. The summed E-state index contributed by atoms with van der Waals surface area (Å²) in [5.74, 6) is -1.13. The first-order valence-corrected chi connectivity index (χ1v) is 6.31. The molecule has 0 aromatic rings. The van der Waals surface area contributed by atoms with Crippen LogP contribution in [0.5, 0.6) is 0 Å². The molecule has 0 spiro atoms. The third kappa shape index (κ3) is 3.68. The second-order valence-electron chi connectivity index (χ2n) is 4.93. The maximum absolute atomic E-state index is 11.6. The van der Waals surface area contributed by atoms with Crippen molar-refractivity contribution in [1.29, 1.82) is 0 Å². The number of nitrogens with one attached hydrogen (secondary N) is 1. The van der Waals surface area contributed by atoms with Gasteiger partial charge in [0.25, 0.3) is 0 Å². The van der Waals surface area contributed by atoms with Crippen molar-refractivity contribution in [2.24, 2.45) is 11.1 Å². The molecule has 0 saturated heterocycles. The highest BCUT2D eigenvalue weighted by atomic mass is 16.5. The molecular formula is C12H22N2O4. The maximum atomic E-state index is 11.6. The summed E-state index contributed by atoms with van der Waals surface area (Å²) in [6, 6.07) is -0.322. The fourth-order valence-corrected chi connectivity index (χ4v) is 2.31. The van der Waals surface area contributed by atoms with Crippen LogP contribution in [0.15, 0.2) is 0 Å². The first-order valence-electron chi connectivity index (χ1n) is 6.31. The largest absolute Gasteiger partial charge is 0.481 e. The number of ether oxygens (including phenoxy) is 1. The van der Waals surface area contributed by atoms with Crippen LogP contribution in [-0.2, 0) is 14.3 Å². The molecule has 6 nitrogen and oxygen atoms in total. The molecule has 4 N–H and O–H groups in total. The van der Waals surface area contributed by atoms with E-state index in [4.69, 9.17) is 10.5 Å². The van der Waals surface area contributed by atoms with E-state index in [9.17, 15) is 14.7 Å². The van der Waals surface area contributed by atoms with Crippen molar-refractivity contribution in [3.63, 3.8) is 0 Å². The van der Waals surface area contributed by atoms with E-state index in [-0.39, 0.29) is 18.6 Å². The summed E-state index contributed by atoms with van der Waals surface area (Å²) in [6.07, 6.45) is 3.12. The maximum Gasteiger partial charge on any atom is 0.311 e. The van der Waals surface area contributed by atoms with Crippen molar-refractivity contribution >= 4 is 11.9 Å². The van der Waals surface area contributed by atoms with Gasteiger partial charge in [0.2, 0.25) is 5.91 Å². The van der Waals surface area contributed by atoms with E-state index in [1.807, 2.05) is 0 Å². The molecule has 18 heavy (non-hydrogen) atoms. The van der Waals surface area contributed by atoms with Gasteiger partial charge in [-0.05, 0) is 19.8 Å². The summed E-state index contributed by atoms with van der Waals surface area (Å²) < 4.78 is 5.03. The van der Waals surface area contributed by atoms with Crippen LogP contribution >= 0.6 is 0 Å². The molecule has 104 valence electrons. The summed E-state index contributed by atoms with van der Waals surface area (Å²) in [4.78, 5) is 23.0. The Morgan fingerprint density at radius 2 is 2.22 bits per heavy atom. The van der Waals surface area contributed by atoms with Gasteiger partial charge >= 0.3 is 5.97 Å². The molecule has 0 heterocycles. The van der Waals surface area contributed by atoms with Gasteiger partial charge in [0.15, 0.2) is 0 Å². The molecule has 1 rings (SSSR count). The van der Waals surface area contributed by atoms with E-state index in [0.717, 1.165) is 12.8 Å². The SMILES string of the molecule is CC1(C(=O)O)CCCCC1NC(=O)COCCN. The summed E-state index contributed by atoms with van der Waals surface area (Å²) in [7, 11) is 0. The van der Waals surface area contributed by atoms with Crippen LogP contribution in [0.1, 0.15) is 32.6 Å². The second-order valence-corrected chi connectivity index (χ2v) is 4.93. The van der Waals surface area contributed by atoms with Crippen molar-refractivity contribution in [3.05, 3.63) is 0 Å². The molecule has 1 aliphatic rings. The monoisotopic (exact) mass is 258 g/mol. The summed E-state index contributed by atoms with van der Waals surface area (Å²) in [5, 5.41) is 12.1. The van der Waals surface area contributed by atoms with E-state index in [1.54, 1.807) is 6.92 Å². The van der Waals surface area contributed by atoms with Gasteiger partial charge in [-0.3, -0.25) is 9.59 Å². The lowest BCUT2D eigenvalue weighted by Crippen LogP contribution is -2.52. The average molecular weight is 258 g/mol. The second kappa shape index (κ2) is 6.70. The van der Waals surface area contributed by atoms with Gasteiger partial charge in [0.05, 0.1) is 12.0 Å². The normalized spacial score (nSPS) is 27.8. The van der Waals surface area contributed by atoms with Gasteiger partial charge in [0, 0.05) is 12.6 Å². The fraction of sp³-hybridized carbons (Fsp3) is 0.833. The number of hydrogen-bond acceptors (Lipinski definition) is 4. The molecule has 1 aliphatic carbocycles. The third-order valence-electron chi connectivity index (χ3n) is 3.53. The molecule has 2 unspecified atom stereocenters. The highest BCUT2D eigenvalue weighted by Crippen LogP contribution is 2.36. The lowest BCUT2D eigenvalue weighted by Gasteiger charge is -2.38. The van der Waals surface area contributed by atoms with Crippen LogP contribution in [0.4, 0.5) is 0 Å². The number of rotatable bonds is 6. The molecule has 0 radical (unpaired) electrons. The van der Waals surface area contributed by atoms with Gasteiger partial charge in [-0.25, -0.2) is 0 Å². The zero-order valence-corrected chi connectivity index (χ0v) is 10.8. The Morgan fingerprint density at radius 3 is 2.83 bits per heavy atom. The lowest BCUT2D eigenvalue weighted by atomic mass is 9.71. The Balaban J connectivity index is 2.52. The number of amides is 1. The van der Waals surface area contributed by atoms with Crippen LogP contribution in [0.25, 0.3) is 0 Å². The van der Waals surface area contributed by atoms with Gasteiger partial charge < -0.3 is 20.9 Å². The molecule has 0 aliphatic heterocycles. The topological polar surface area (TPSA) is 102 Å². The number of nitrogens with two attached hydrogens (primary N) is 1. The minimum Gasteiger partial charge on any atom is -0.481 e. The van der Waals surface area contributed by atoms with E-state index >= 15 is 0 Å². The fourth-order valence-electron chi connectivity index (χ4n) is 2.31. The van der Waals surface area contributed by atoms with Gasteiger partial charge in [-0.2, -0.15) is 0 Å². The lowest BCUT2D eigenvalue weighted by molar-refractivity contribution is -0.152. The van der Waals surface area contributed by atoms with Crippen LogP contribution in [-0.4, -0.2) is 42.8 Å².